The Labute approximate surface area is 111 Å². The number of nitro benzene ring substituents is 1. The molecule has 102 valence electrons. The number of hydrazone groups is 1. The number of nitrogens with two attached hydrogens (primary N) is 1. The molecule has 0 unspecified atom stereocenters. The Morgan fingerprint density at radius 2 is 2.15 bits per heavy atom. The Morgan fingerprint density at radius 1 is 1.45 bits per heavy atom. The molecule has 2 aromatic rings. The van der Waals surface area contributed by atoms with Crippen LogP contribution in [0.5, 0.6) is 0 Å². The molecule has 0 radical (unpaired) electrons. The number of hydrogen-bond donors (Lipinski definition) is 3. The quantitative estimate of drug-likeness (QED) is 0.407. The lowest BCUT2D eigenvalue weighted by molar-refractivity contribution is -0.384. The molecule has 0 aliphatic rings. The molecule has 1 heterocycles. The van der Waals surface area contributed by atoms with Crippen molar-refractivity contribution < 1.29 is 9.72 Å². The smallest absolute Gasteiger partial charge is 0.308 e. The predicted molar refractivity (Wildman–Crippen MR) is 69.0 cm³/mol. The number of aromatic amines is 1. The zero-order valence-corrected chi connectivity index (χ0v) is 9.98. The first-order valence-electron chi connectivity index (χ1n) is 5.32. The van der Waals surface area contributed by atoms with Crippen LogP contribution in [0.1, 0.15) is 16.2 Å². The van der Waals surface area contributed by atoms with Gasteiger partial charge in [-0.25, -0.2) is 5.43 Å². The van der Waals surface area contributed by atoms with E-state index in [-0.39, 0.29) is 17.5 Å². The van der Waals surface area contributed by atoms with Crippen LogP contribution in [0.15, 0.2) is 29.4 Å². The minimum absolute atomic E-state index is 0.0247. The van der Waals surface area contributed by atoms with Crippen LogP contribution >= 0.6 is 0 Å². The molecule has 0 aliphatic carbocycles. The lowest BCUT2D eigenvalue weighted by atomic mass is 10.2. The summed E-state index contributed by atoms with van der Waals surface area (Å²) >= 11 is 0. The maximum absolute atomic E-state index is 11.5. The highest BCUT2D eigenvalue weighted by Gasteiger charge is 2.09. The molecule has 10 nitrogen and oxygen atoms in total. The van der Waals surface area contributed by atoms with Gasteiger partial charge in [-0.2, -0.15) is 10.1 Å². The van der Waals surface area contributed by atoms with Crippen LogP contribution in [-0.4, -0.2) is 32.2 Å². The first-order chi connectivity index (χ1) is 9.56. The molecule has 1 aromatic heterocycles. The van der Waals surface area contributed by atoms with Crippen molar-refractivity contribution in [3.63, 3.8) is 0 Å². The SMILES string of the molecule is Nc1n[nH]c(C(=O)N/N=C/c2ccc([N+](=O)[O-])cc2)n1. The number of aromatic nitrogens is 3. The summed E-state index contributed by atoms with van der Waals surface area (Å²) in [5.41, 5.74) is 8.02. The van der Waals surface area contributed by atoms with Crippen molar-refractivity contribution in [2.75, 3.05) is 5.73 Å². The lowest BCUT2D eigenvalue weighted by Crippen LogP contribution is -2.19. The zero-order chi connectivity index (χ0) is 14.5. The number of amides is 1. The van der Waals surface area contributed by atoms with Crippen molar-refractivity contribution in [2.24, 2.45) is 5.10 Å². The third-order valence-corrected chi connectivity index (χ3v) is 2.20. The Kier molecular flexibility index (Phi) is 3.65. The van der Waals surface area contributed by atoms with Crippen molar-refractivity contribution in [1.82, 2.24) is 20.6 Å². The Morgan fingerprint density at radius 3 is 2.70 bits per heavy atom. The van der Waals surface area contributed by atoms with E-state index in [9.17, 15) is 14.9 Å². The number of nitrogens with zero attached hydrogens (tertiary/aromatic N) is 4. The maximum Gasteiger partial charge on any atom is 0.308 e. The Hall–Kier alpha value is -3.30. The standard InChI is InChI=1S/C10H9N7O3/c11-10-13-8(14-16-10)9(18)15-12-5-6-1-3-7(4-2-6)17(19)20/h1-5H,(H,15,18)(H3,11,13,14,16)/b12-5+. The fraction of sp³-hybridized carbons (Fsp3) is 0. The number of nitrogen functional groups attached to an aromatic ring is 1. The highest BCUT2D eigenvalue weighted by Crippen LogP contribution is 2.10. The highest BCUT2D eigenvalue weighted by molar-refractivity contribution is 5.91. The molecule has 4 N–H and O–H groups in total. The van der Waals surface area contributed by atoms with Gasteiger partial charge >= 0.3 is 5.91 Å². The van der Waals surface area contributed by atoms with Crippen LogP contribution in [0.4, 0.5) is 11.6 Å². The number of rotatable bonds is 4. The Balaban J connectivity index is 1.96. The molecule has 0 atom stereocenters. The first kappa shape index (κ1) is 13.1. The van der Waals surface area contributed by atoms with Crippen LogP contribution in [0.25, 0.3) is 0 Å². The van der Waals surface area contributed by atoms with Gasteiger partial charge in [-0.05, 0) is 17.7 Å². The summed E-state index contributed by atoms with van der Waals surface area (Å²) < 4.78 is 0. The van der Waals surface area contributed by atoms with Crippen molar-refractivity contribution in [3.8, 4) is 0 Å². The number of benzene rings is 1. The summed E-state index contributed by atoms with van der Waals surface area (Å²) in [7, 11) is 0. The van der Waals surface area contributed by atoms with Crippen molar-refractivity contribution >= 4 is 23.8 Å². The summed E-state index contributed by atoms with van der Waals surface area (Å²) in [5.74, 6) is -0.717. The Bertz CT molecular complexity index is 662. The van der Waals surface area contributed by atoms with Gasteiger partial charge in [0.2, 0.25) is 11.8 Å². The van der Waals surface area contributed by atoms with Crippen LogP contribution in [0, 0.1) is 10.1 Å². The number of hydrogen-bond acceptors (Lipinski definition) is 7. The first-order valence-corrected chi connectivity index (χ1v) is 5.32. The van der Waals surface area contributed by atoms with Gasteiger partial charge in [0.05, 0.1) is 11.1 Å². The van der Waals surface area contributed by atoms with Gasteiger partial charge in [0.25, 0.3) is 5.69 Å². The van der Waals surface area contributed by atoms with E-state index in [1.807, 2.05) is 0 Å². The molecular formula is C10H9N7O3. The fourth-order valence-corrected chi connectivity index (χ4v) is 1.28. The van der Waals surface area contributed by atoms with Crippen LogP contribution in [-0.2, 0) is 0 Å². The average Bonchev–Trinajstić information content (AvgIpc) is 2.86. The highest BCUT2D eigenvalue weighted by atomic mass is 16.6. The van der Waals surface area contributed by atoms with Crippen molar-refractivity contribution in [1.29, 1.82) is 0 Å². The number of nitro groups is 1. The summed E-state index contributed by atoms with van der Waals surface area (Å²) in [6.07, 6.45) is 1.33. The molecule has 0 saturated heterocycles. The molecule has 2 rings (SSSR count). The van der Waals surface area contributed by atoms with E-state index >= 15 is 0 Å². The number of carbonyl (C=O) groups is 1. The van der Waals surface area contributed by atoms with E-state index in [1.54, 1.807) is 0 Å². The number of carbonyl (C=O) groups excluding carboxylic acids is 1. The molecule has 20 heavy (non-hydrogen) atoms. The van der Waals surface area contributed by atoms with Crippen LogP contribution in [0.3, 0.4) is 0 Å². The molecule has 0 fully saturated rings. The summed E-state index contributed by atoms with van der Waals surface area (Å²) in [6.45, 7) is 0. The number of nitrogens with one attached hydrogen (secondary N) is 2. The number of anilines is 1. The average molecular weight is 275 g/mol. The van der Waals surface area contributed by atoms with E-state index in [2.05, 4.69) is 25.7 Å². The zero-order valence-electron chi connectivity index (χ0n) is 9.98. The molecule has 1 amide bonds. The largest absolute Gasteiger partial charge is 0.366 e. The van der Waals surface area contributed by atoms with Gasteiger partial charge in [-0.15, -0.1) is 5.10 Å². The fourth-order valence-electron chi connectivity index (χ4n) is 1.28. The normalized spacial score (nSPS) is 10.6. The van der Waals surface area contributed by atoms with E-state index < -0.39 is 10.8 Å². The molecule has 0 bridgehead atoms. The van der Waals surface area contributed by atoms with Gasteiger partial charge in [-0.1, -0.05) is 0 Å². The second-order valence-corrected chi connectivity index (χ2v) is 3.59. The third-order valence-electron chi connectivity index (χ3n) is 2.20. The molecule has 0 aliphatic heterocycles. The molecular weight excluding hydrogens is 266 g/mol. The molecule has 10 heteroatoms. The third kappa shape index (κ3) is 3.13. The lowest BCUT2D eigenvalue weighted by Gasteiger charge is -1.95. The topological polar surface area (TPSA) is 152 Å². The van der Waals surface area contributed by atoms with Gasteiger partial charge in [-0.3, -0.25) is 20.0 Å². The summed E-state index contributed by atoms with van der Waals surface area (Å²) in [6, 6.07) is 5.67. The minimum Gasteiger partial charge on any atom is -0.366 e. The van der Waals surface area contributed by atoms with Gasteiger partial charge < -0.3 is 5.73 Å². The minimum atomic E-state index is -0.604. The number of non-ortho nitro benzene ring substituents is 1. The van der Waals surface area contributed by atoms with Crippen LogP contribution < -0.4 is 11.2 Å². The van der Waals surface area contributed by atoms with Crippen molar-refractivity contribution in [2.45, 2.75) is 0 Å². The second-order valence-electron chi connectivity index (χ2n) is 3.59. The molecule has 0 saturated carbocycles. The van der Waals surface area contributed by atoms with E-state index in [0.717, 1.165) is 0 Å². The second kappa shape index (κ2) is 5.56. The van der Waals surface area contributed by atoms with Crippen molar-refractivity contribution in [3.05, 3.63) is 45.8 Å². The number of H-pyrrole nitrogens is 1. The van der Waals surface area contributed by atoms with E-state index in [1.165, 1.54) is 30.5 Å². The van der Waals surface area contributed by atoms with E-state index in [0.29, 0.717) is 5.56 Å². The maximum atomic E-state index is 11.5. The monoisotopic (exact) mass is 275 g/mol. The van der Waals surface area contributed by atoms with Crippen LogP contribution in [0.2, 0.25) is 0 Å². The molecule has 0 spiro atoms. The van der Waals surface area contributed by atoms with Gasteiger partial charge in [0, 0.05) is 12.1 Å². The predicted octanol–water partition coefficient (Wildman–Crippen LogP) is 0.0590. The van der Waals surface area contributed by atoms with Gasteiger partial charge in [0.1, 0.15) is 0 Å². The summed E-state index contributed by atoms with van der Waals surface area (Å²) in [5, 5.41) is 20.0. The van der Waals surface area contributed by atoms with E-state index in [4.69, 9.17) is 5.73 Å². The van der Waals surface area contributed by atoms with Gasteiger partial charge in [0.15, 0.2) is 0 Å². The molecule has 1 aromatic carbocycles. The summed E-state index contributed by atoms with van der Waals surface area (Å²) in [4.78, 5) is 25.1.